The maximum Gasteiger partial charge on any atom is 0.160 e. The lowest BCUT2D eigenvalue weighted by Crippen LogP contribution is -1.70. The van der Waals surface area contributed by atoms with Gasteiger partial charge in [-0.25, -0.2) is 0 Å². The van der Waals surface area contributed by atoms with Crippen molar-refractivity contribution in [3.05, 3.63) is 46.7 Å². The minimum atomic E-state index is 0.737. The summed E-state index contributed by atoms with van der Waals surface area (Å²) in [6.45, 7) is 0. The molecule has 0 saturated heterocycles. The molecule has 0 unspecified atom stereocenters. The Bertz CT molecular complexity index is 490. The highest BCUT2D eigenvalue weighted by atomic mass is 35.5. The van der Waals surface area contributed by atoms with Crippen LogP contribution in [0.15, 0.2) is 39.9 Å². The highest BCUT2D eigenvalue weighted by Gasteiger charge is 1.98. The van der Waals surface area contributed by atoms with Crippen molar-refractivity contribution in [3.63, 3.8) is 0 Å². The summed E-state index contributed by atoms with van der Waals surface area (Å²) < 4.78 is 5.12. The molecule has 2 nitrogen and oxygen atoms in total. The van der Waals surface area contributed by atoms with Crippen molar-refractivity contribution in [3.8, 4) is 0 Å². The Hall–Kier alpha value is -1.19. The lowest BCUT2D eigenvalue weighted by molar-refractivity contribution is 0.398. The van der Waals surface area contributed by atoms with Crippen LogP contribution >= 0.6 is 23.4 Å². The average molecular weight is 252 g/mol. The first kappa shape index (κ1) is 11.3. The fourth-order valence-electron chi connectivity index (χ4n) is 1.20. The van der Waals surface area contributed by atoms with Crippen LogP contribution in [0.5, 0.6) is 0 Å². The van der Waals surface area contributed by atoms with Gasteiger partial charge in [-0.2, -0.15) is 0 Å². The second-order valence-corrected chi connectivity index (χ2v) is 4.42. The monoisotopic (exact) mass is 251 g/mol. The lowest BCUT2D eigenvalue weighted by Gasteiger charge is -1.91. The highest BCUT2D eigenvalue weighted by Crippen LogP contribution is 2.17. The Morgan fingerprint density at radius 1 is 1.25 bits per heavy atom. The van der Waals surface area contributed by atoms with E-state index in [9.17, 15) is 0 Å². The molecule has 1 heterocycles. The molecule has 1 aromatic carbocycles. The third kappa shape index (κ3) is 2.90. The molecular formula is C12H10ClNOS. The lowest BCUT2D eigenvalue weighted by atomic mass is 10.2. The molecule has 0 bridgehead atoms. The van der Waals surface area contributed by atoms with Gasteiger partial charge in [0.05, 0.1) is 0 Å². The smallest absolute Gasteiger partial charge is 0.160 e. The van der Waals surface area contributed by atoms with E-state index in [2.05, 4.69) is 5.16 Å². The van der Waals surface area contributed by atoms with Crippen LogP contribution in [-0.4, -0.2) is 11.4 Å². The normalized spacial score (nSPS) is 11.1. The van der Waals surface area contributed by atoms with Crippen molar-refractivity contribution < 1.29 is 4.52 Å². The van der Waals surface area contributed by atoms with Crippen molar-refractivity contribution in [1.82, 2.24) is 5.16 Å². The molecule has 16 heavy (non-hydrogen) atoms. The number of nitrogens with zero attached hydrogens (tertiary/aromatic N) is 1. The molecule has 0 aliphatic rings. The number of benzene rings is 1. The van der Waals surface area contributed by atoms with Crippen LogP contribution in [0.25, 0.3) is 12.2 Å². The second-order valence-electron chi connectivity index (χ2n) is 3.16. The highest BCUT2D eigenvalue weighted by molar-refractivity contribution is 7.98. The molecule has 0 saturated carbocycles. The first-order chi connectivity index (χ1) is 7.78. The number of hydrogen-bond donors (Lipinski definition) is 0. The number of halogens is 1. The van der Waals surface area contributed by atoms with Gasteiger partial charge < -0.3 is 4.52 Å². The fraction of sp³-hybridized carbons (Fsp3) is 0.0833. The SMILES string of the molecule is CSc1cc(/C=C/c2ccc(Cl)cc2)on1. The van der Waals surface area contributed by atoms with E-state index in [0.717, 1.165) is 21.4 Å². The molecule has 0 spiro atoms. The summed E-state index contributed by atoms with van der Waals surface area (Å²) in [5.41, 5.74) is 1.08. The van der Waals surface area contributed by atoms with Gasteiger partial charge in [0.2, 0.25) is 0 Å². The van der Waals surface area contributed by atoms with E-state index in [-0.39, 0.29) is 0 Å². The molecule has 82 valence electrons. The van der Waals surface area contributed by atoms with Gasteiger partial charge in [0.15, 0.2) is 5.76 Å². The zero-order chi connectivity index (χ0) is 11.4. The number of aromatic nitrogens is 1. The van der Waals surface area contributed by atoms with Gasteiger partial charge in [-0.05, 0) is 30.0 Å². The van der Waals surface area contributed by atoms with Gasteiger partial charge >= 0.3 is 0 Å². The summed E-state index contributed by atoms with van der Waals surface area (Å²) >= 11 is 7.35. The van der Waals surface area contributed by atoms with Crippen LogP contribution < -0.4 is 0 Å². The van der Waals surface area contributed by atoms with Crippen LogP contribution in [0.3, 0.4) is 0 Å². The maximum atomic E-state index is 5.80. The van der Waals surface area contributed by atoms with E-state index < -0.39 is 0 Å². The number of rotatable bonds is 3. The van der Waals surface area contributed by atoms with Crippen LogP contribution in [0.2, 0.25) is 5.02 Å². The summed E-state index contributed by atoms with van der Waals surface area (Å²) in [7, 11) is 0. The summed E-state index contributed by atoms with van der Waals surface area (Å²) in [4.78, 5) is 0. The second kappa shape index (κ2) is 5.23. The van der Waals surface area contributed by atoms with E-state index in [4.69, 9.17) is 16.1 Å². The molecular weight excluding hydrogens is 242 g/mol. The van der Waals surface area contributed by atoms with E-state index in [1.54, 1.807) is 11.8 Å². The molecule has 0 fully saturated rings. The van der Waals surface area contributed by atoms with E-state index in [0.29, 0.717) is 0 Å². The Balaban J connectivity index is 2.11. The van der Waals surface area contributed by atoms with Crippen molar-refractivity contribution in [1.29, 1.82) is 0 Å². The molecule has 0 atom stereocenters. The first-order valence-corrected chi connectivity index (χ1v) is 6.32. The number of hydrogen-bond acceptors (Lipinski definition) is 3. The van der Waals surface area contributed by atoms with E-state index in [1.807, 2.05) is 48.7 Å². The molecule has 1 aromatic heterocycles. The average Bonchev–Trinajstić information content (AvgIpc) is 2.76. The molecule has 0 aliphatic heterocycles. The Morgan fingerprint density at radius 3 is 2.62 bits per heavy atom. The molecule has 2 rings (SSSR count). The fourth-order valence-corrected chi connectivity index (χ4v) is 1.67. The Kier molecular flexibility index (Phi) is 3.70. The van der Waals surface area contributed by atoms with Crippen molar-refractivity contribution in [2.24, 2.45) is 0 Å². The largest absolute Gasteiger partial charge is 0.356 e. The molecule has 0 radical (unpaired) electrons. The summed E-state index contributed by atoms with van der Waals surface area (Å²) in [5, 5.41) is 5.50. The summed E-state index contributed by atoms with van der Waals surface area (Å²) in [6, 6.07) is 9.51. The minimum absolute atomic E-state index is 0.737. The van der Waals surface area contributed by atoms with Gasteiger partial charge in [0, 0.05) is 11.1 Å². The van der Waals surface area contributed by atoms with Gasteiger partial charge in [0.25, 0.3) is 0 Å². The van der Waals surface area contributed by atoms with Gasteiger partial charge in [-0.3, -0.25) is 0 Å². The first-order valence-electron chi connectivity index (χ1n) is 4.72. The molecule has 0 aliphatic carbocycles. The predicted molar refractivity (Wildman–Crippen MR) is 68.7 cm³/mol. The summed E-state index contributed by atoms with van der Waals surface area (Å²) in [6.07, 6.45) is 5.81. The molecule has 4 heteroatoms. The predicted octanol–water partition coefficient (Wildman–Crippen LogP) is 4.22. The van der Waals surface area contributed by atoms with Crippen molar-refractivity contribution in [2.75, 3.05) is 6.26 Å². The maximum absolute atomic E-state index is 5.80. The van der Waals surface area contributed by atoms with Crippen LogP contribution in [0.4, 0.5) is 0 Å². The van der Waals surface area contributed by atoms with Crippen LogP contribution in [-0.2, 0) is 0 Å². The molecule has 0 N–H and O–H groups in total. The Morgan fingerprint density at radius 2 is 2.00 bits per heavy atom. The van der Waals surface area contributed by atoms with E-state index in [1.165, 1.54) is 0 Å². The zero-order valence-corrected chi connectivity index (χ0v) is 10.3. The molecule has 2 aromatic rings. The van der Waals surface area contributed by atoms with Crippen LogP contribution in [0.1, 0.15) is 11.3 Å². The van der Waals surface area contributed by atoms with Gasteiger partial charge in [-0.1, -0.05) is 35.0 Å². The topological polar surface area (TPSA) is 26.0 Å². The van der Waals surface area contributed by atoms with Crippen molar-refractivity contribution in [2.45, 2.75) is 5.03 Å². The van der Waals surface area contributed by atoms with E-state index >= 15 is 0 Å². The quantitative estimate of drug-likeness (QED) is 0.764. The molecule has 0 amide bonds. The van der Waals surface area contributed by atoms with Crippen LogP contribution in [0, 0.1) is 0 Å². The Labute approximate surface area is 103 Å². The zero-order valence-electron chi connectivity index (χ0n) is 8.68. The van der Waals surface area contributed by atoms with Gasteiger partial charge in [-0.15, -0.1) is 11.8 Å². The third-order valence-electron chi connectivity index (χ3n) is 2.03. The van der Waals surface area contributed by atoms with Crippen molar-refractivity contribution >= 4 is 35.5 Å². The third-order valence-corrected chi connectivity index (χ3v) is 2.89. The minimum Gasteiger partial charge on any atom is -0.356 e. The standard InChI is InChI=1S/C12H10ClNOS/c1-16-12-8-11(15-14-12)7-4-9-2-5-10(13)6-3-9/h2-8H,1H3/b7-4+. The van der Waals surface area contributed by atoms with Gasteiger partial charge in [0.1, 0.15) is 5.03 Å². The summed E-state index contributed by atoms with van der Waals surface area (Å²) in [5.74, 6) is 0.749. The number of thioether (sulfide) groups is 1.